The van der Waals surface area contributed by atoms with Crippen LogP contribution >= 0.6 is 0 Å². The van der Waals surface area contributed by atoms with Gasteiger partial charge in [-0.2, -0.15) is 0 Å². The van der Waals surface area contributed by atoms with Gasteiger partial charge < -0.3 is 21.0 Å². The van der Waals surface area contributed by atoms with Gasteiger partial charge in [0, 0.05) is 13.1 Å². The zero-order valence-electron chi connectivity index (χ0n) is 8.68. The average Bonchev–Trinajstić information content (AvgIpc) is 1.98. The molecule has 0 aromatic rings. The molecule has 0 aliphatic rings. The number of urea groups is 1. The van der Waals surface area contributed by atoms with Crippen LogP contribution in [0.1, 0.15) is 13.3 Å². The third-order valence-electron chi connectivity index (χ3n) is 1.40. The molecule has 0 heterocycles. The number of hydrogen-bond acceptors (Lipinski definition) is 2. The highest BCUT2D eigenvalue weighted by Crippen LogP contribution is 1.80. The van der Waals surface area contributed by atoms with Gasteiger partial charge in [-0.25, -0.2) is 4.79 Å². The molecule has 0 atom stereocenters. The fourth-order valence-electron chi connectivity index (χ4n) is 0.820. The summed E-state index contributed by atoms with van der Waals surface area (Å²) in [5.41, 5.74) is 0. The molecule has 0 aliphatic heterocycles. The summed E-state index contributed by atoms with van der Waals surface area (Å²) in [5, 5.41) is 5.43. The van der Waals surface area contributed by atoms with Gasteiger partial charge in [0.25, 0.3) is 0 Å². The van der Waals surface area contributed by atoms with Crippen LogP contribution in [0.2, 0.25) is 0 Å². The van der Waals surface area contributed by atoms with Gasteiger partial charge in [-0.15, -0.1) is 0 Å². The SMILES string of the molecule is CCNC(=O)NCCCN(C)C.O. The number of carbonyl (C=O) groups excluding carboxylic acids is 1. The number of rotatable bonds is 5. The van der Waals surface area contributed by atoms with Crippen molar-refractivity contribution in [1.82, 2.24) is 15.5 Å². The van der Waals surface area contributed by atoms with Gasteiger partial charge in [0.2, 0.25) is 0 Å². The van der Waals surface area contributed by atoms with Crippen LogP contribution in [0.5, 0.6) is 0 Å². The summed E-state index contributed by atoms with van der Waals surface area (Å²) >= 11 is 0. The molecule has 0 aliphatic carbocycles. The Hall–Kier alpha value is -0.810. The van der Waals surface area contributed by atoms with Crippen molar-refractivity contribution in [2.75, 3.05) is 33.7 Å². The molecule has 5 nitrogen and oxygen atoms in total. The molecule has 0 saturated carbocycles. The molecule has 0 fully saturated rings. The first-order chi connectivity index (χ1) is 5.66. The largest absolute Gasteiger partial charge is 0.412 e. The van der Waals surface area contributed by atoms with E-state index in [1.807, 2.05) is 21.0 Å². The van der Waals surface area contributed by atoms with Gasteiger partial charge in [-0.05, 0) is 34.0 Å². The summed E-state index contributed by atoms with van der Waals surface area (Å²) in [6.07, 6.45) is 0.990. The summed E-state index contributed by atoms with van der Waals surface area (Å²) < 4.78 is 0. The van der Waals surface area contributed by atoms with Crippen molar-refractivity contribution in [3.05, 3.63) is 0 Å². The van der Waals surface area contributed by atoms with Crippen molar-refractivity contribution in [1.29, 1.82) is 0 Å². The highest BCUT2D eigenvalue weighted by Gasteiger charge is 1.95. The molecule has 0 aromatic heterocycles. The van der Waals surface area contributed by atoms with Gasteiger partial charge in [-0.3, -0.25) is 0 Å². The van der Waals surface area contributed by atoms with Gasteiger partial charge in [0.05, 0.1) is 0 Å². The van der Waals surface area contributed by atoms with Crippen molar-refractivity contribution < 1.29 is 10.3 Å². The zero-order valence-corrected chi connectivity index (χ0v) is 8.68. The molecule has 13 heavy (non-hydrogen) atoms. The van der Waals surface area contributed by atoms with E-state index >= 15 is 0 Å². The predicted molar refractivity (Wildman–Crippen MR) is 53.9 cm³/mol. The topological polar surface area (TPSA) is 75.9 Å². The minimum Gasteiger partial charge on any atom is -0.412 e. The van der Waals surface area contributed by atoms with Crippen LogP contribution < -0.4 is 10.6 Å². The smallest absolute Gasteiger partial charge is 0.314 e. The van der Waals surface area contributed by atoms with Crippen LogP contribution in [0.4, 0.5) is 4.79 Å². The molecule has 0 saturated heterocycles. The molecule has 4 N–H and O–H groups in total. The van der Waals surface area contributed by atoms with Crippen LogP contribution in [0.3, 0.4) is 0 Å². The van der Waals surface area contributed by atoms with E-state index in [0.717, 1.165) is 19.5 Å². The minimum absolute atomic E-state index is 0. The van der Waals surface area contributed by atoms with E-state index in [9.17, 15) is 4.79 Å². The standard InChI is InChI=1S/C8H19N3O.H2O/c1-4-9-8(12)10-6-5-7-11(2)3;/h4-7H2,1-3H3,(H2,9,10,12);1H2. The first-order valence-corrected chi connectivity index (χ1v) is 4.33. The lowest BCUT2D eigenvalue weighted by Crippen LogP contribution is -2.36. The number of hydrogen-bond donors (Lipinski definition) is 2. The molecular weight excluding hydrogens is 170 g/mol. The molecule has 80 valence electrons. The monoisotopic (exact) mass is 191 g/mol. The molecule has 0 radical (unpaired) electrons. The fourth-order valence-corrected chi connectivity index (χ4v) is 0.820. The molecule has 2 amide bonds. The fraction of sp³-hybridized carbons (Fsp3) is 0.875. The Bertz CT molecular complexity index is 129. The van der Waals surface area contributed by atoms with E-state index in [1.54, 1.807) is 0 Å². The van der Waals surface area contributed by atoms with Crippen molar-refractivity contribution in [2.24, 2.45) is 0 Å². The first kappa shape index (κ1) is 14.7. The van der Waals surface area contributed by atoms with E-state index < -0.39 is 0 Å². The van der Waals surface area contributed by atoms with Crippen molar-refractivity contribution in [2.45, 2.75) is 13.3 Å². The molecular formula is C8H21N3O2. The van der Waals surface area contributed by atoms with E-state index in [-0.39, 0.29) is 11.5 Å². The lowest BCUT2D eigenvalue weighted by Gasteiger charge is -2.09. The molecule has 0 rings (SSSR count). The Morgan fingerprint density at radius 1 is 1.31 bits per heavy atom. The van der Waals surface area contributed by atoms with Crippen LogP contribution in [0.15, 0.2) is 0 Å². The van der Waals surface area contributed by atoms with E-state index in [0.29, 0.717) is 6.54 Å². The summed E-state index contributed by atoms with van der Waals surface area (Å²) in [4.78, 5) is 12.9. The normalized spacial score (nSPS) is 9.23. The Balaban J connectivity index is 0. The quantitative estimate of drug-likeness (QED) is 0.571. The zero-order chi connectivity index (χ0) is 9.40. The second kappa shape index (κ2) is 9.28. The predicted octanol–water partition coefficient (Wildman–Crippen LogP) is -0.567. The third kappa shape index (κ3) is 11.2. The summed E-state index contributed by atoms with van der Waals surface area (Å²) in [6, 6.07) is -0.0729. The molecule has 0 bridgehead atoms. The van der Waals surface area contributed by atoms with Gasteiger partial charge in [0.15, 0.2) is 0 Å². The van der Waals surface area contributed by atoms with Crippen molar-refractivity contribution in [3.8, 4) is 0 Å². The van der Waals surface area contributed by atoms with E-state index in [4.69, 9.17) is 0 Å². The maximum absolute atomic E-state index is 10.9. The molecule has 0 aromatic carbocycles. The molecule has 5 heteroatoms. The van der Waals surface area contributed by atoms with Crippen molar-refractivity contribution in [3.63, 3.8) is 0 Å². The maximum atomic E-state index is 10.9. The summed E-state index contributed by atoms with van der Waals surface area (Å²) in [6.45, 7) is 4.33. The first-order valence-electron chi connectivity index (χ1n) is 4.33. The Morgan fingerprint density at radius 2 is 1.92 bits per heavy atom. The maximum Gasteiger partial charge on any atom is 0.314 e. The minimum atomic E-state index is -0.0729. The van der Waals surface area contributed by atoms with Crippen LogP contribution in [-0.4, -0.2) is 50.1 Å². The Kier molecular flexibility index (Phi) is 10.5. The second-order valence-corrected chi connectivity index (χ2v) is 2.94. The number of nitrogens with one attached hydrogen (secondary N) is 2. The average molecular weight is 191 g/mol. The van der Waals surface area contributed by atoms with Crippen LogP contribution in [0, 0.1) is 0 Å². The number of carbonyl (C=O) groups is 1. The van der Waals surface area contributed by atoms with Gasteiger partial charge >= 0.3 is 6.03 Å². The molecule has 0 spiro atoms. The highest BCUT2D eigenvalue weighted by molar-refractivity contribution is 5.73. The van der Waals surface area contributed by atoms with E-state index in [1.165, 1.54) is 0 Å². The second-order valence-electron chi connectivity index (χ2n) is 2.94. The van der Waals surface area contributed by atoms with Gasteiger partial charge in [0.1, 0.15) is 0 Å². The van der Waals surface area contributed by atoms with Crippen LogP contribution in [0.25, 0.3) is 0 Å². The number of amides is 2. The highest BCUT2D eigenvalue weighted by atomic mass is 16.2. The Morgan fingerprint density at radius 3 is 2.38 bits per heavy atom. The number of nitrogens with zero attached hydrogens (tertiary/aromatic N) is 1. The summed E-state index contributed by atoms with van der Waals surface area (Å²) in [5.74, 6) is 0. The van der Waals surface area contributed by atoms with Crippen molar-refractivity contribution >= 4 is 6.03 Å². The Labute approximate surface area is 79.8 Å². The van der Waals surface area contributed by atoms with Gasteiger partial charge in [-0.1, -0.05) is 0 Å². The van der Waals surface area contributed by atoms with Crippen LogP contribution in [-0.2, 0) is 0 Å². The lowest BCUT2D eigenvalue weighted by atomic mass is 10.4. The lowest BCUT2D eigenvalue weighted by molar-refractivity contribution is 0.240. The summed E-state index contributed by atoms with van der Waals surface area (Å²) in [7, 11) is 4.04. The van der Waals surface area contributed by atoms with E-state index in [2.05, 4.69) is 15.5 Å². The third-order valence-corrected chi connectivity index (χ3v) is 1.40. The molecule has 0 unspecified atom stereocenters.